The zero-order valence-corrected chi connectivity index (χ0v) is 27.1. The lowest BCUT2D eigenvalue weighted by Gasteiger charge is -2.40. The van der Waals surface area contributed by atoms with Gasteiger partial charge in [-0.2, -0.15) is 0 Å². The van der Waals surface area contributed by atoms with Gasteiger partial charge in [0.15, 0.2) is 0 Å². The first-order valence-electron chi connectivity index (χ1n) is 15.2. The highest BCUT2D eigenvalue weighted by Crippen LogP contribution is 2.58. The molecular formula is C36H31Cl2FN4O4. The van der Waals surface area contributed by atoms with Crippen molar-refractivity contribution in [2.24, 2.45) is 0 Å². The van der Waals surface area contributed by atoms with E-state index in [-0.39, 0.29) is 22.5 Å². The van der Waals surface area contributed by atoms with Crippen LogP contribution in [0.25, 0.3) is 11.0 Å². The fraction of sp³-hybridized carbons (Fsp3) is 0.250. The first kappa shape index (κ1) is 31.3. The molecule has 0 radical (unpaired) electrons. The number of aromatic nitrogens is 2. The van der Waals surface area contributed by atoms with Gasteiger partial charge in [0.25, 0.3) is 0 Å². The first-order chi connectivity index (χ1) is 22.6. The van der Waals surface area contributed by atoms with Gasteiger partial charge in [-0.05, 0) is 66.1 Å². The molecule has 47 heavy (non-hydrogen) atoms. The molecule has 1 aromatic heterocycles. The van der Waals surface area contributed by atoms with Crippen molar-refractivity contribution in [1.82, 2.24) is 14.5 Å². The van der Waals surface area contributed by atoms with Gasteiger partial charge in [0.05, 0.1) is 28.2 Å². The van der Waals surface area contributed by atoms with E-state index in [4.69, 9.17) is 32.9 Å². The third kappa shape index (κ3) is 5.27. The van der Waals surface area contributed by atoms with Crippen LogP contribution in [0.2, 0.25) is 10.0 Å². The molecule has 11 heteroatoms. The van der Waals surface area contributed by atoms with Gasteiger partial charge < -0.3 is 19.7 Å². The molecule has 4 atom stereocenters. The average molecular weight is 674 g/mol. The Bertz CT molecular complexity index is 2050. The molecule has 1 fully saturated rings. The topological polar surface area (TPSA) is 96.7 Å². The van der Waals surface area contributed by atoms with Crippen molar-refractivity contribution < 1.29 is 23.8 Å². The lowest BCUT2D eigenvalue weighted by atomic mass is 9.74. The number of benzene rings is 4. The summed E-state index contributed by atoms with van der Waals surface area (Å²) in [5.74, 6) is -2.49. The molecule has 0 bridgehead atoms. The van der Waals surface area contributed by atoms with E-state index in [0.717, 1.165) is 16.6 Å². The molecule has 7 rings (SSSR count). The van der Waals surface area contributed by atoms with Gasteiger partial charge >= 0.3 is 5.97 Å². The molecule has 1 saturated heterocycles. The number of amides is 1. The highest BCUT2D eigenvalue weighted by molar-refractivity contribution is 6.31. The van der Waals surface area contributed by atoms with Crippen LogP contribution in [0.5, 0.6) is 0 Å². The van der Waals surface area contributed by atoms with E-state index >= 15 is 4.39 Å². The first-order valence-corrected chi connectivity index (χ1v) is 15.9. The Labute approximate surface area is 280 Å². The van der Waals surface area contributed by atoms with Crippen molar-refractivity contribution in [1.29, 1.82) is 0 Å². The fourth-order valence-corrected chi connectivity index (χ4v) is 7.92. The maximum atomic E-state index is 16.2. The van der Waals surface area contributed by atoms with E-state index in [9.17, 15) is 14.7 Å². The number of carboxylic acids is 1. The molecule has 0 saturated carbocycles. The zero-order chi connectivity index (χ0) is 33.0. The Morgan fingerprint density at radius 3 is 2.57 bits per heavy atom. The number of halogens is 3. The Morgan fingerprint density at radius 1 is 1.04 bits per heavy atom. The Balaban J connectivity index is 1.43. The van der Waals surface area contributed by atoms with Crippen molar-refractivity contribution >= 4 is 51.8 Å². The number of carbonyl (C=O) groups is 2. The Hall–Kier alpha value is -4.28. The number of carbonyl (C=O) groups excluding carboxylic acids is 1. The van der Waals surface area contributed by atoms with Crippen LogP contribution in [-0.4, -0.2) is 50.1 Å². The van der Waals surface area contributed by atoms with Gasteiger partial charge in [0, 0.05) is 48.8 Å². The number of likely N-dealkylation sites (tertiary alicyclic amines) is 1. The lowest BCUT2D eigenvalue weighted by molar-refractivity contribution is -0.127. The van der Waals surface area contributed by atoms with Crippen molar-refractivity contribution in [2.75, 3.05) is 12.4 Å². The number of anilines is 1. The number of methoxy groups -OCH3 is 1. The van der Waals surface area contributed by atoms with Crippen LogP contribution in [0.15, 0.2) is 84.9 Å². The van der Waals surface area contributed by atoms with E-state index in [1.165, 1.54) is 6.07 Å². The van der Waals surface area contributed by atoms with Crippen molar-refractivity contribution in [3.63, 3.8) is 0 Å². The monoisotopic (exact) mass is 672 g/mol. The molecule has 1 amide bonds. The SMILES string of the molecule is COCc1cccc(CN2[C@H]3Cn4c(nc5cc(C(=O)O)ccc54)[C@H]3[C@H](c3cccc(Cl)c3F)[C@]2(C)C(=O)Nc2cccc(Cl)c2)c1. The van der Waals surface area contributed by atoms with Crippen LogP contribution in [-0.2, 0) is 29.2 Å². The van der Waals surface area contributed by atoms with E-state index in [0.29, 0.717) is 47.3 Å². The van der Waals surface area contributed by atoms with Gasteiger partial charge in [0.1, 0.15) is 17.2 Å². The van der Waals surface area contributed by atoms with Gasteiger partial charge in [-0.15, -0.1) is 0 Å². The van der Waals surface area contributed by atoms with Gasteiger partial charge in [-0.1, -0.05) is 65.7 Å². The number of nitrogens with zero attached hydrogens (tertiary/aromatic N) is 3. The summed E-state index contributed by atoms with van der Waals surface area (Å²) >= 11 is 12.7. The minimum atomic E-state index is -1.31. The number of rotatable bonds is 8. The van der Waals surface area contributed by atoms with E-state index in [1.807, 2.05) is 25.1 Å². The molecular weight excluding hydrogens is 642 g/mol. The fourth-order valence-electron chi connectivity index (χ4n) is 7.55. The normalized spacial score (nSPS) is 21.9. The molecule has 0 aliphatic carbocycles. The molecule has 3 heterocycles. The highest BCUT2D eigenvalue weighted by Gasteiger charge is 2.64. The van der Waals surface area contributed by atoms with E-state index in [1.54, 1.807) is 61.7 Å². The molecule has 0 spiro atoms. The van der Waals surface area contributed by atoms with E-state index in [2.05, 4.69) is 20.9 Å². The van der Waals surface area contributed by atoms with Crippen molar-refractivity contribution in [2.45, 2.75) is 50.0 Å². The summed E-state index contributed by atoms with van der Waals surface area (Å²) < 4.78 is 23.7. The molecule has 5 aromatic rings. The zero-order valence-electron chi connectivity index (χ0n) is 25.6. The van der Waals surface area contributed by atoms with Gasteiger partial charge in [0.2, 0.25) is 5.91 Å². The summed E-state index contributed by atoms with van der Waals surface area (Å²) in [6.45, 7) is 3.12. The predicted molar refractivity (Wildman–Crippen MR) is 179 cm³/mol. The molecule has 2 N–H and O–H groups in total. The maximum Gasteiger partial charge on any atom is 0.335 e. The molecule has 8 nitrogen and oxygen atoms in total. The van der Waals surface area contributed by atoms with Gasteiger partial charge in [-0.3, -0.25) is 9.69 Å². The summed E-state index contributed by atoms with van der Waals surface area (Å²) in [6.07, 6.45) is 0. The number of fused-ring (bicyclic) bond motifs is 5. The number of imidazole rings is 1. The van der Waals surface area contributed by atoms with Crippen LogP contribution < -0.4 is 5.32 Å². The Kier molecular flexibility index (Phi) is 8.04. The quantitative estimate of drug-likeness (QED) is 0.177. The minimum absolute atomic E-state index is 0.0417. The van der Waals surface area contributed by atoms with Crippen molar-refractivity contribution in [3.05, 3.63) is 129 Å². The summed E-state index contributed by atoms with van der Waals surface area (Å²) in [7, 11) is 1.64. The summed E-state index contributed by atoms with van der Waals surface area (Å²) in [4.78, 5) is 33.6. The number of nitrogens with one attached hydrogen (secondary N) is 1. The number of hydrogen-bond donors (Lipinski definition) is 2. The lowest BCUT2D eigenvalue weighted by Crippen LogP contribution is -2.55. The molecule has 0 unspecified atom stereocenters. The van der Waals surface area contributed by atoms with Gasteiger partial charge in [-0.25, -0.2) is 14.2 Å². The Morgan fingerprint density at radius 2 is 1.81 bits per heavy atom. The van der Waals surface area contributed by atoms with E-state index < -0.39 is 29.2 Å². The minimum Gasteiger partial charge on any atom is -0.478 e. The highest BCUT2D eigenvalue weighted by atomic mass is 35.5. The second kappa shape index (κ2) is 12.1. The molecule has 240 valence electrons. The predicted octanol–water partition coefficient (Wildman–Crippen LogP) is 7.49. The number of aromatic carboxylic acids is 1. The number of hydrogen-bond acceptors (Lipinski definition) is 5. The smallest absolute Gasteiger partial charge is 0.335 e. The van der Waals surface area contributed by atoms with Crippen LogP contribution in [0.1, 0.15) is 51.6 Å². The van der Waals surface area contributed by atoms with Crippen LogP contribution >= 0.6 is 23.2 Å². The summed E-state index contributed by atoms with van der Waals surface area (Å²) in [6, 6.07) is 24.4. The largest absolute Gasteiger partial charge is 0.478 e. The molecule has 2 aliphatic heterocycles. The number of ether oxygens (including phenoxy) is 1. The van der Waals surface area contributed by atoms with Crippen molar-refractivity contribution in [3.8, 4) is 0 Å². The standard InChI is InChI=1S/C36H31Cl2FN4O4/c1-36(35(46)40-24-9-4-8-23(37)16-24)31(25-10-5-11-26(38)32(25)39)30-29(43(36)17-20-6-3-7-21(14-20)19-47-2)18-42-28-13-12-22(34(44)45)15-27(28)41-33(30)42/h3-16,29-31H,17-19H2,1-2H3,(H,40,46)(H,44,45)/t29-,30+,31-,36+/m0/s1. The van der Waals surface area contributed by atoms with Crippen LogP contribution in [0, 0.1) is 5.82 Å². The molecule has 4 aromatic carbocycles. The van der Waals surface area contributed by atoms with Crippen LogP contribution in [0.4, 0.5) is 10.1 Å². The second-order valence-electron chi connectivity index (χ2n) is 12.3. The number of carboxylic acid groups (broad SMARTS) is 1. The third-order valence-electron chi connectivity index (χ3n) is 9.58. The van der Waals surface area contributed by atoms with Crippen LogP contribution in [0.3, 0.4) is 0 Å². The second-order valence-corrected chi connectivity index (χ2v) is 13.1. The maximum absolute atomic E-state index is 16.2. The third-order valence-corrected chi connectivity index (χ3v) is 10.1. The summed E-state index contributed by atoms with van der Waals surface area (Å²) in [5, 5.41) is 13.1. The summed E-state index contributed by atoms with van der Waals surface area (Å²) in [5.41, 5.74) is 2.89. The average Bonchev–Trinajstić information content (AvgIpc) is 3.65. The molecule has 2 aliphatic rings.